The van der Waals surface area contributed by atoms with Crippen molar-refractivity contribution in [2.24, 2.45) is 0 Å². The molecular weight excluding hydrogens is 426 g/mol. The van der Waals surface area contributed by atoms with Crippen LogP contribution >= 0.6 is 0 Å². The quantitative estimate of drug-likeness (QED) is 0.394. The molecule has 0 heterocycles. The summed E-state index contributed by atoms with van der Waals surface area (Å²) in [6.45, 7) is 7.97. The average Bonchev–Trinajstić information content (AvgIpc) is 2.75. The molecular formula is C24H43N3O6. The summed E-state index contributed by atoms with van der Waals surface area (Å²) in [7, 11) is 0. The van der Waals surface area contributed by atoms with Crippen molar-refractivity contribution in [3.63, 3.8) is 0 Å². The van der Waals surface area contributed by atoms with Gasteiger partial charge >= 0.3 is 18.2 Å². The molecule has 0 bridgehead atoms. The Hall–Kier alpha value is -2.29. The number of carboxylic acid groups (broad SMARTS) is 1. The normalized spacial score (nSPS) is 18.2. The molecule has 9 nitrogen and oxygen atoms in total. The third-order valence-corrected chi connectivity index (χ3v) is 5.45. The molecule has 33 heavy (non-hydrogen) atoms. The van der Waals surface area contributed by atoms with Gasteiger partial charge < -0.3 is 30.5 Å². The Labute approximate surface area is 198 Å². The molecule has 1 atom stereocenters. The van der Waals surface area contributed by atoms with E-state index in [2.05, 4.69) is 27.3 Å². The van der Waals surface area contributed by atoms with Crippen LogP contribution < -0.4 is 16.0 Å². The molecule has 0 saturated heterocycles. The lowest BCUT2D eigenvalue weighted by Gasteiger charge is -2.30. The number of amides is 2. The second-order valence-electron chi connectivity index (χ2n) is 9.64. The van der Waals surface area contributed by atoms with E-state index in [-0.39, 0.29) is 13.2 Å². The van der Waals surface area contributed by atoms with Crippen LogP contribution in [0.25, 0.3) is 0 Å². The molecule has 0 aromatic heterocycles. The van der Waals surface area contributed by atoms with E-state index < -0.39 is 29.8 Å². The maximum atomic E-state index is 11.4. The van der Waals surface area contributed by atoms with Crippen LogP contribution in [0.15, 0.2) is 12.7 Å². The van der Waals surface area contributed by atoms with E-state index in [0.29, 0.717) is 0 Å². The van der Waals surface area contributed by atoms with Crippen molar-refractivity contribution in [1.29, 1.82) is 0 Å². The summed E-state index contributed by atoms with van der Waals surface area (Å²) in [4.78, 5) is 33.5. The summed E-state index contributed by atoms with van der Waals surface area (Å²) in [6, 6.07) is 0.426. The van der Waals surface area contributed by atoms with Gasteiger partial charge in [0, 0.05) is 12.1 Å². The zero-order chi connectivity index (χ0) is 24.7. The SMILES string of the molecule is C1CCC(NC2CCCCC2)CC1.C=CCOC(=O)NC[C@H](NC(=O)OC(C)(C)C)C(=O)O. The minimum absolute atomic E-state index is 0.00304. The van der Waals surface area contributed by atoms with Crippen LogP contribution in [0.2, 0.25) is 0 Å². The molecule has 190 valence electrons. The smallest absolute Gasteiger partial charge is 0.408 e. The number of carboxylic acids is 1. The van der Waals surface area contributed by atoms with E-state index in [1.807, 2.05) is 0 Å². The number of carbonyl (C=O) groups is 3. The van der Waals surface area contributed by atoms with Crippen molar-refractivity contribution >= 4 is 18.2 Å². The molecule has 0 unspecified atom stereocenters. The summed E-state index contributed by atoms with van der Waals surface area (Å²) >= 11 is 0. The molecule has 2 aliphatic carbocycles. The van der Waals surface area contributed by atoms with E-state index in [9.17, 15) is 14.4 Å². The molecule has 9 heteroatoms. The second-order valence-corrected chi connectivity index (χ2v) is 9.64. The molecule has 0 aromatic rings. The zero-order valence-corrected chi connectivity index (χ0v) is 20.5. The molecule has 0 aromatic carbocycles. The Kier molecular flexibility index (Phi) is 13.5. The molecule has 0 aliphatic heterocycles. The van der Waals surface area contributed by atoms with Gasteiger partial charge in [-0.05, 0) is 46.5 Å². The van der Waals surface area contributed by atoms with E-state index in [0.717, 1.165) is 12.1 Å². The largest absolute Gasteiger partial charge is 0.480 e. The lowest BCUT2D eigenvalue weighted by atomic mass is 9.91. The van der Waals surface area contributed by atoms with Crippen LogP contribution in [-0.2, 0) is 14.3 Å². The van der Waals surface area contributed by atoms with Gasteiger partial charge in [0.1, 0.15) is 18.2 Å². The monoisotopic (exact) mass is 469 g/mol. The highest BCUT2D eigenvalue weighted by Gasteiger charge is 2.24. The Morgan fingerprint density at radius 3 is 1.91 bits per heavy atom. The molecule has 2 amide bonds. The van der Waals surface area contributed by atoms with Gasteiger partial charge in [-0.1, -0.05) is 51.2 Å². The first-order valence-corrected chi connectivity index (χ1v) is 12.1. The fraction of sp³-hybridized carbons (Fsp3) is 0.792. The summed E-state index contributed by atoms with van der Waals surface area (Å²) in [5, 5.41) is 17.1. The third-order valence-electron chi connectivity index (χ3n) is 5.45. The van der Waals surface area contributed by atoms with E-state index in [4.69, 9.17) is 9.84 Å². The van der Waals surface area contributed by atoms with Gasteiger partial charge in [-0.25, -0.2) is 14.4 Å². The standard InChI is InChI=1S/C12H20N2O6.C12H23N/c1-5-6-19-10(17)13-7-8(9(15)16)14-11(18)20-12(2,3)4;1-3-7-11(8-4-1)13-12-9-5-2-6-10-12/h5,8H,1,6-7H2,2-4H3,(H,13,17)(H,14,18)(H,15,16);11-13H,1-10H2/t8-;/m0./s1. The number of alkyl carbamates (subject to hydrolysis) is 2. The molecule has 2 fully saturated rings. The Bertz CT molecular complexity index is 592. The van der Waals surface area contributed by atoms with Crippen molar-refractivity contribution in [2.75, 3.05) is 13.2 Å². The van der Waals surface area contributed by atoms with Gasteiger partial charge in [-0.15, -0.1) is 0 Å². The molecule has 0 radical (unpaired) electrons. The Balaban J connectivity index is 0.000000357. The van der Waals surface area contributed by atoms with Gasteiger partial charge in [0.15, 0.2) is 0 Å². The van der Waals surface area contributed by atoms with Crippen LogP contribution in [0.3, 0.4) is 0 Å². The van der Waals surface area contributed by atoms with E-state index in [1.165, 1.54) is 70.3 Å². The molecule has 2 aliphatic rings. The number of hydrogen-bond donors (Lipinski definition) is 4. The first kappa shape index (κ1) is 28.7. The predicted octanol–water partition coefficient (Wildman–Crippen LogP) is 4.12. The maximum Gasteiger partial charge on any atom is 0.408 e. The Morgan fingerprint density at radius 1 is 0.970 bits per heavy atom. The lowest BCUT2D eigenvalue weighted by molar-refractivity contribution is -0.139. The minimum atomic E-state index is -1.32. The molecule has 4 N–H and O–H groups in total. The molecule has 0 spiro atoms. The van der Waals surface area contributed by atoms with Gasteiger partial charge in [0.05, 0.1) is 6.54 Å². The van der Waals surface area contributed by atoms with E-state index >= 15 is 0 Å². The highest BCUT2D eigenvalue weighted by molar-refractivity contribution is 5.81. The summed E-state index contributed by atoms with van der Waals surface area (Å²) in [5.74, 6) is -1.31. The number of nitrogens with one attached hydrogen (secondary N) is 3. The third kappa shape index (κ3) is 14.5. The first-order chi connectivity index (χ1) is 15.6. The highest BCUT2D eigenvalue weighted by atomic mass is 16.6. The van der Waals surface area contributed by atoms with Gasteiger partial charge in [-0.2, -0.15) is 0 Å². The maximum absolute atomic E-state index is 11.4. The van der Waals surface area contributed by atoms with Crippen molar-refractivity contribution in [3.05, 3.63) is 12.7 Å². The topological polar surface area (TPSA) is 126 Å². The van der Waals surface area contributed by atoms with Crippen molar-refractivity contribution in [2.45, 2.75) is 109 Å². The number of ether oxygens (including phenoxy) is 2. The average molecular weight is 470 g/mol. The summed E-state index contributed by atoms with van der Waals surface area (Å²) in [6.07, 6.45) is 14.2. The van der Waals surface area contributed by atoms with Crippen molar-refractivity contribution in [1.82, 2.24) is 16.0 Å². The summed E-state index contributed by atoms with van der Waals surface area (Å²) in [5.41, 5.74) is -0.747. The van der Waals surface area contributed by atoms with Crippen LogP contribution in [0.4, 0.5) is 9.59 Å². The predicted molar refractivity (Wildman–Crippen MR) is 127 cm³/mol. The number of rotatable bonds is 8. The van der Waals surface area contributed by atoms with Gasteiger partial charge in [-0.3, -0.25) is 0 Å². The van der Waals surface area contributed by atoms with Crippen molar-refractivity contribution < 1.29 is 29.0 Å². The fourth-order valence-electron chi connectivity index (χ4n) is 3.89. The van der Waals surface area contributed by atoms with Crippen LogP contribution in [0.1, 0.15) is 85.0 Å². The van der Waals surface area contributed by atoms with Crippen molar-refractivity contribution in [3.8, 4) is 0 Å². The molecule has 2 rings (SSSR count). The highest BCUT2D eigenvalue weighted by Crippen LogP contribution is 2.22. The Morgan fingerprint density at radius 2 is 1.48 bits per heavy atom. The zero-order valence-electron chi connectivity index (χ0n) is 20.5. The minimum Gasteiger partial charge on any atom is -0.480 e. The van der Waals surface area contributed by atoms with Crippen LogP contribution in [0.5, 0.6) is 0 Å². The van der Waals surface area contributed by atoms with Crippen LogP contribution in [-0.4, -0.2) is 60.1 Å². The summed E-state index contributed by atoms with van der Waals surface area (Å²) < 4.78 is 9.52. The fourth-order valence-corrected chi connectivity index (χ4v) is 3.89. The van der Waals surface area contributed by atoms with Crippen LogP contribution in [0, 0.1) is 0 Å². The number of carbonyl (C=O) groups excluding carboxylic acids is 2. The van der Waals surface area contributed by atoms with Gasteiger partial charge in [0.2, 0.25) is 0 Å². The number of hydrogen-bond acceptors (Lipinski definition) is 6. The van der Waals surface area contributed by atoms with E-state index in [1.54, 1.807) is 20.8 Å². The van der Waals surface area contributed by atoms with Gasteiger partial charge in [0.25, 0.3) is 0 Å². The number of aliphatic carboxylic acids is 1. The second kappa shape index (κ2) is 15.5. The lowest BCUT2D eigenvalue weighted by Crippen LogP contribution is -2.49. The first-order valence-electron chi connectivity index (χ1n) is 12.1. The molecule has 2 saturated carbocycles.